The number of ether oxygens (including phenoxy) is 1. The summed E-state index contributed by atoms with van der Waals surface area (Å²) in [5.74, 6) is 0.797. The fourth-order valence-electron chi connectivity index (χ4n) is 0.989. The fourth-order valence-corrected chi connectivity index (χ4v) is 1.11. The minimum Gasteiger partial charge on any atom is -0.492 e. The van der Waals surface area contributed by atoms with Crippen LogP contribution in [-0.2, 0) is 4.79 Å². The zero-order valence-corrected chi connectivity index (χ0v) is 9.62. The van der Waals surface area contributed by atoms with Crippen molar-refractivity contribution in [2.75, 3.05) is 20.2 Å². The van der Waals surface area contributed by atoms with Gasteiger partial charge in [0.05, 0.1) is 6.54 Å². The maximum absolute atomic E-state index is 10.9. The van der Waals surface area contributed by atoms with Crippen LogP contribution in [0.15, 0.2) is 24.3 Å². The van der Waals surface area contributed by atoms with Crippen LogP contribution in [-0.4, -0.2) is 31.0 Å². The van der Waals surface area contributed by atoms with Gasteiger partial charge in [-0.25, -0.2) is 0 Å². The summed E-state index contributed by atoms with van der Waals surface area (Å²) in [6.45, 7) is 2.60. The molecule has 0 heterocycles. The van der Waals surface area contributed by atoms with Crippen LogP contribution in [0.4, 0.5) is 0 Å². The minimum atomic E-state index is 0.0368. The van der Waals surface area contributed by atoms with Crippen LogP contribution in [0.3, 0.4) is 0 Å². The second-order valence-electron chi connectivity index (χ2n) is 3.24. The van der Waals surface area contributed by atoms with E-state index < -0.39 is 0 Å². The number of nitrogens with zero attached hydrogens (tertiary/aromatic N) is 1. The highest BCUT2D eigenvalue weighted by molar-refractivity contribution is 6.30. The fraction of sp³-hybridized carbons (Fsp3) is 0.364. The summed E-state index contributed by atoms with van der Waals surface area (Å²) in [7, 11) is 1.74. The summed E-state index contributed by atoms with van der Waals surface area (Å²) in [5, 5.41) is 0.684. The molecule has 0 aliphatic carbocycles. The van der Waals surface area contributed by atoms with Gasteiger partial charge in [0.25, 0.3) is 0 Å². The van der Waals surface area contributed by atoms with E-state index in [1.54, 1.807) is 36.2 Å². The van der Waals surface area contributed by atoms with Crippen molar-refractivity contribution >= 4 is 17.5 Å². The van der Waals surface area contributed by atoms with Crippen molar-refractivity contribution in [1.29, 1.82) is 0 Å². The van der Waals surface area contributed by atoms with Crippen molar-refractivity contribution in [3.8, 4) is 5.75 Å². The Kier molecular flexibility index (Phi) is 4.43. The van der Waals surface area contributed by atoms with Crippen LogP contribution < -0.4 is 4.74 Å². The van der Waals surface area contributed by atoms with E-state index in [0.29, 0.717) is 18.2 Å². The Labute approximate surface area is 94.6 Å². The van der Waals surface area contributed by atoms with Gasteiger partial charge in [0.15, 0.2) is 0 Å². The summed E-state index contributed by atoms with van der Waals surface area (Å²) in [5.41, 5.74) is 0. The lowest BCUT2D eigenvalue weighted by Crippen LogP contribution is -2.28. The third-order valence-corrected chi connectivity index (χ3v) is 2.30. The predicted octanol–water partition coefficient (Wildman–Crippen LogP) is 2.20. The molecule has 0 unspecified atom stereocenters. The van der Waals surface area contributed by atoms with E-state index in [2.05, 4.69) is 0 Å². The Bertz CT molecular complexity index is 324. The van der Waals surface area contributed by atoms with Gasteiger partial charge in [0.2, 0.25) is 5.91 Å². The first-order chi connectivity index (χ1) is 7.09. The molecule has 1 aromatic carbocycles. The number of halogens is 1. The van der Waals surface area contributed by atoms with E-state index in [9.17, 15) is 4.79 Å². The van der Waals surface area contributed by atoms with Crippen molar-refractivity contribution in [1.82, 2.24) is 4.90 Å². The van der Waals surface area contributed by atoms with Crippen LogP contribution in [0, 0.1) is 0 Å². The van der Waals surface area contributed by atoms with Gasteiger partial charge in [-0.1, -0.05) is 11.6 Å². The maximum Gasteiger partial charge on any atom is 0.219 e. The average Bonchev–Trinajstić information content (AvgIpc) is 2.20. The first kappa shape index (κ1) is 11.9. The van der Waals surface area contributed by atoms with Crippen molar-refractivity contribution in [3.63, 3.8) is 0 Å². The maximum atomic E-state index is 10.9. The summed E-state index contributed by atoms with van der Waals surface area (Å²) in [6.07, 6.45) is 0. The van der Waals surface area contributed by atoms with Gasteiger partial charge in [-0.15, -0.1) is 0 Å². The van der Waals surface area contributed by atoms with Gasteiger partial charge < -0.3 is 9.64 Å². The second kappa shape index (κ2) is 5.61. The second-order valence-corrected chi connectivity index (χ2v) is 3.68. The van der Waals surface area contributed by atoms with Crippen molar-refractivity contribution in [2.24, 2.45) is 0 Å². The van der Waals surface area contributed by atoms with Crippen LogP contribution in [0.5, 0.6) is 5.75 Å². The highest BCUT2D eigenvalue weighted by atomic mass is 35.5. The van der Waals surface area contributed by atoms with E-state index in [0.717, 1.165) is 5.75 Å². The molecule has 0 spiro atoms. The molecule has 0 aliphatic rings. The number of hydrogen-bond acceptors (Lipinski definition) is 2. The predicted molar refractivity (Wildman–Crippen MR) is 60.3 cm³/mol. The van der Waals surface area contributed by atoms with E-state index in [-0.39, 0.29) is 5.91 Å². The van der Waals surface area contributed by atoms with Crippen molar-refractivity contribution in [2.45, 2.75) is 6.92 Å². The van der Waals surface area contributed by atoms with E-state index in [1.165, 1.54) is 6.92 Å². The van der Waals surface area contributed by atoms with Gasteiger partial charge in [-0.05, 0) is 24.3 Å². The molecule has 0 radical (unpaired) electrons. The van der Waals surface area contributed by atoms with Gasteiger partial charge in [-0.3, -0.25) is 4.79 Å². The molecule has 0 N–H and O–H groups in total. The molecule has 4 heteroatoms. The lowest BCUT2D eigenvalue weighted by Gasteiger charge is -2.14. The first-order valence-corrected chi connectivity index (χ1v) is 5.07. The Balaban J connectivity index is 2.32. The van der Waals surface area contributed by atoms with E-state index >= 15 is 0 Å². The number of amides is 1. The zero-order valence-electron chi connectivity index (χ0n) is 8.87. The molecule has 82 valence electrons. The van der Waals surface area contributed by atoms with Gasteiger partial charge in [-0.2, -0.15) is 0 Å². The Morgan fingerprint density at radius 3 is 2.53 bits per heavy atom. The van der Waals surface area contributed by atoms with Crippen LogP contribution in [0.25, 0.3) is 0 Å². The summed E-state index contributed by atoms with van der Waals surface area (Å²) < 4.78 is 5.43. The summed E-state index contributed by atoms with van der Waals surface area (Å²) >= 11 is 5.73. The van der Waals surface area contributed by atoms with Gasteiger partial charge in [0.1, 0.15) is 12.4 Å². The Hall–Kier alpha value is -1.22. The molecular weight excluding hydrogens is 214 g/mol. The Morgan fingerprint density at radius 2 is 2.00 bits per heavy atom. The number of carbonyl (C=O) groups is 1. The Morgan fingerprint density at radius 1 is 1.40 bits per heavy atom. The standard InChI is InChI=1S/C11H14ClNO2/c1-9(14)13(2)7-8-15-11-5-3-10(12)4-6-11/h3-6H,7-8H2,1-2H3. The van der Waals surface area contributed by atoms with Crippen LogP contribution in [0.2, 0.25) is 5.02 Å². The molecule has 0 saturated carbocycles. The van der Waals surface area contributed by atoms with Crippen molar-refractivity contribution in [3.05, 3.63) is 29.3 Å². The molecule has 0 saturated heterocycles. The SMILES string of the molecule is CC(=O)N(C)CCOc1ccc(Cl)cc1. The molecule has 1 amide bonds. The number of hydrogen-bond donors (Lipinski definition) is 0. The molecule has 1 rings (SSSR count). The van der Waals surface area contributed by atoms with Crippen LogP contribution >= 0.6 is 11.6 Å². The molecule has 0 aliphatic heterocycles. The molecule has 0 aromatic heterocycles. The third kappa shape index (κ3) is 4.21. The molecular formula is C11H14ClNO2. The minimum absolute atomic E-state index is 0.0368. The number of rotatable bonds is 4. The monoisotopic (exact) mass is 227 g/mol. The highest BCUT2D eigenvalue weighted by Gasteiger charge is 2.01. The lowest BCUT2D eigenvalue weighted by molar-refractivity contribution is -0.127. The molecule has 0 fully saturated rings. The average molecular weight is 228 g/mol. The summed E-state index contributed by atoms with van der Waals surface area (Å²) in [6, 6.07) is 7.14. The molecule has 3 nitrogen and oxygen atoms in total. The quantitative estimate of drug-likeness (QED) is 0.789. The van der Waals surface area contributed by atoms with Crippen LogP contribution in [0.1, 0.15) is 6.92 Å². The molecule has 0 atom stereocenters. The lowest BCUT2D eigenvalue weighted by atomic mass is 10.3. The van der Waals surface area contributed by atoms with Crippen molar-refractivity contribution < 1.29 is 9.53 Å². The number of carbonyl (C=O) groups excluding carboxylic acids is 1. The largest absolute Gasteiger partial charge is 0.492 e. The highest BCUT2D eigenvalue weighted by Crippen LogP contribution is 2.15. The molecule has 15 heavy (non-hydrogen) atoms. The zero-order chi connectivity index (χ0) is 11.3. The van der Waals surface area contributed by atoms with Gasteiger partial charge in [0, 0.05) is 19.0 Å². The van der Waals surface area contributed by atoms with Gasteiger partial charge >= 0.3 is 0 Å². The first-order valence-electron chi connectivity index (χ1n) is 4.69. The summed E-state index contributed by atoms with van der Waals surface area (Å²) in [4.78, 5) is 12.5. The number of benzene rings is 1. The number of likely N-dealkylation sites (N-methyl/N-ethyl adjacent to an activating group) is 1. The topological polar surface area (TPSA) is 29.5 Å². The molecule has 0 bridgehead atoms. The van der Waals surface area contributed by atoms with E-state index in [1.807, 2.05) is 0 Å². The third-order valence-electron chi connectivity index (χ3n) is 2.05. The normalized spacial score (nSPS) is 9.80. The van der Waals surface area contributed by atoms with E-state index in [4.69, 9.17) is 16.3 Å². The molecule has 1 aromatic rings. The smallest absolute Gasteiger partial charge is 0.219 e.